The summed E-state index contributed by atoms with van der Waals surface area (Å²) in [5.41, 5.74) is 3.01. The molecule has 0 bridgehead atoms. The van der Waals surface area contributed by atoms with Gasteiger partial charge in [-0.1, -0.05) is 46.3 Å². The number of allylic oxidation sites excluding steroid dienone is 1. The van der Waals surface area contributed by atoms with E-state index in [4.69, 9.17) is 12.2 Å². The van der Waals surface area contributed by atoms with Gasteiger partial charge in [-0.25, -0.2) is 0 Å². The Bertz CT molecular complexity index is 606. The van der Waals surface area contributed by atoms with Crippen molar-refractivity contribution in [2.75, 3.05) is 10.6 Å². The van der Waals surface area contributed by atoms with E-state index in [1.165, 1.54) is 0 Å². The minimum Gasteiger partial charge on any atom is -0.359 e. The van der Waals surface area contributed by atoms with Crippen molar-refractivity contribution in [3.05, 3.63) is 70.8 Å². The van der Waals surface area contributed by atoms with Gasteiger partial charge in [0.2, 0.25) is 0 Å². The molecule has 2 N–H and O–H groups in total. The lowest BCUT2D eigenvalue weighted by Crippen LogP contribution is -2.08. The van der Waals surface area contributed by atoms with E-state index >= 15 is 0 Å². The van der Waals surface area contributed by atoms with Gasteiger partial charge in [0.25, 0.3) is 0 Å². The number of halogens is 1. The van der Waals surface area contributed by atoms with Crippen molar-refractivity contribution in [2.24, 2.45) is 0 Å². The van der Waals surface area contributed by atoms with Gasteiger partial charge in [0, 0.05) is 21.5 Å². The Balaban J connectivity index is 1.96. The average Bonchev–Trinajstić information content (AvgIpc) is 2.42. The zero-order valence-corrected chi connectivity index (χ0v) is 13.5. The van der Waals surface area contributed by atoms with Gasteiger partial charge in [0.15, 0.2) is 0 Å². The first-order valence-corrected chi connectivity index (χ1v) is 7.40. The van der Waals surface area contributed by atoms with Crippen LogP contribution in [0.4, 0.5) is 11.4 Å². The van der Waals surface area contributed by atoms with Gasteiger partial charge in [0.1, 0.15) is 4.99 Å². The molecule has 2 rings (SSSR count). The predicted molar refractivity (Wildman–Crippen MR) is 94.2 cm³/mol. The SMILES string of the molecule is CC(=CC(=S)Nc1ccccc1)Nc1ccc(Br)cc1. The molecule has 0 spiro atoms. The highest BCUT2D eigenvalue weighted by Crippen LogP contribution is 2.15. The highest BCUT2D eigenvalue weighted by molar-refractivity contribution is 9.10. The number of anilines is 2. The lowest BCUT2D eigenvalue weighted by molar-refractivity contribution is 1.38. The van der Waals surface area contributed by atoms with Crippen molar-refractivity contribution in [3.63, 3.8) is 0 Å². The van der Waals surface area contributed by atoms with E-state index in [9.17, 15) is 0 Å². The van der Waals surface area contributed by atoms with Crippen LogP contribution in [0.3, 0.4) is 0 Å². The van der Waals surface area contributed by atoms with Crippen molar-refractivity contribution in [1.29, 1.82) is 0 Å². The fraction of sp³-hybridized carbons (Fsp3) is 0.0625. The maximum Gasteiger partial charge on any atom is 0.105 e. The highest BCUT2D eigenvalue weighted by Gasteiger charge is 1.97. The van der Waals surface area contributed by atoms with Crippen LogP contribution in [0.5, 0.6) is 0 Å². The van der Waals surface area contributed by atoms with Crippen LogP contribution in [0, 0.1) is 0 Å². The lowest BCUT2D eigenvalue weighted by atomic mass is 10.3. The third-order valence-electron chi connectivity index (χ3n) is 2.57. The molecule has 0 unspecified atom stereocenters. The third kappa shape index (κ3) is 4.79. The smallest absolute Gasteiger partial charge is 0.105 e. The zero-order chi connectivity index (χ0) is 14.4. The average molecular weight is 347 g/mol. The van der Waals surface area contributed by atoms with E-state index in [1.54, 1.807) is 0 Å². The molecule has 0 saturated heterocycles. The second-order valence-electron chi connectivity index (χ2n) is 4.31. The van der Waals surface area contributed by atoms with Crippen LogP contribution in [0.15, 0.2) is 70.8 Å². The minimum absolute atomic E-state index is 0.679. The van der Waals surface area contributed by atoms with Gasteiger partial charge in [-0.2, -0.15) is 0 Å². The largest absolute Gasteiger partial charge is 0.359 e. The molecule has 0 aromatic heterocycles. The van der Waals surface area contributed by atoms with Crippen LogP contribution in [0.2, 0.25) is 0 Å². The maximum atomic E-state index is 5.31. The summed E-state index contributed by atoms with van der Waals surface area (Å²) in [6.45, 7) is 1.99. The van der Waals surface area contributed by atoms with Crippen LogP contribution in [-0.4, -0.2) is 4.99 Å². The summed E-state index contributed by atoms with van der Waals surface area (Å²) in [4.78, 5) is 0.679. The highest BCUT2D eigenvalue weighted by atomic mass is 79.9. The summed E-state index contributed by atoms with van der Waals surface area (Å²) in [6.07, 6.45) is 1.91. The maximum absolute atomic E-state index is 5.31. The predicted octanol–water partition coefficient (Wildman–Crippen LogP) is 5.20. The van der Waals surface area contributed by atoms with E-state index in [-0.39, 0.29) is 0 Å². The summed E-state index contributed by atoms with van der Waals surface area (Å²) in [7, 11) is 0. The standard InChI is InChI=1S/C16H15BrN2S/c1-12(18-15-9-7-13(17)8-10-15)11-16(20)19-14-5-3-2-4-6-14/h2-11,18H,1H3,(H,19,20). The van der Waals surface area contributed by atoms with Crippen LogP contribution < -0.4 is 10.6 Å². The Hall–Kier alpha value is -1.65. The molecular weight excluding hydrogens is 332 g/mol. The summed E-state index contributed by atoms with van der Waals surface area (Å²) in [6, 6.07) is 17.9. The van der Waals surface area contributed by atoms with Gasteiger partial charge in [-0.3, -0.25) is 0 Å². The summed E-state index contributed by atoms with van der Waals surface area (Å²) in [5.74, 6) is 0. The molecule has 2 aromatic carbocycles. The van der Waals surface area contributed by atoms with Crippen LogP contribution >= 0.6 is 28.1 Å². The number of hydrogen-bond donors (Lipinski definition) is 2. The van der Waals surface area contributed by atoms with E-state index in [0.29, 0.717) is 4.99 Å². The zero-order valence-electron chi connectivity index (χ0n) is 11.1. The molecule has 0 radical (unpaired) electrons. The molecule has 0 atom stereocenters. The second kappa shape index (κ2) is 7.22. The van der Waals surface area contributed by atoms with Crippen LogP contribution in [0.1, 0.15) is 6.92 Å². The molecule has 0 aliphatic heterocycles. The first-order chi connectivity index (χ1) is 9.63. The number of hydrogen-bond acceptors (Lipinski definition) is 2. The van der Waals surface area contributed by atoms with E-state index in [1.807, 2.05) is 67.6 Å². The van der Waals surface area contributed by atoms with Crippen LogP contribution in [-0.2, 0) is 0 Å². The van der Waals surface area contributed by atoms with Gasteiger partial charge in [-0.15, -0.1) is 0 Å². The van der Waals surface area contributed by atoms with Crippen molar-refractivity contribution in [1.82, 2.24) is 0 Å². The molecule has 0 amide bonds. The summed E-state index contributed by atoms with van der Waals surface area (Å²) >= 11 is 8.73. The van der Waals surface area contributed by atoms with E-state index in [0.717, 1.165) is 21.5 Å². The number of rotatable bonds is 4. The normalized spacial score (nSPS) is 11.0. The topological polar surface area (TPSA) is 24.1 Å². The Kier molecular flexibility index (Phi) is 5.32. The lowest BCUT2D eigenvalue weighted by Gasteiger charge is -2.08. The van der Waals surface area contributed by atoms with Gasteiger partial charge < -0.3 is 10.6 Å². The molecule has 0 aliphatic rings. The van der Waals surface area contributed by atoms with E-state index < -0.39 is 0 Å². The Morgan fingerprint density at radius 1 is 0.950 bits per heavy atom. The first-order valence-electron chi connectivity index (χ1n) is 6.20. The van der Waals surface area contributed by atoms with Crippen molar-refractivity contribution in [3.8, 4) is 0 Å². The monoisotopic (exact) mass is 346 g/mol. The third-order valence-corrected chi connectivity index (χ3v) is 3.32. The van der Waals surface area contributed by atoms with E-state index in [2.05, 4.69) is 26.6 Å². The number of thiocarbonyl (C=S) groups is 1. The molecule has 0 saturated carbocycles. The number of benzene rings is 2. The molecule has 2 nitrogen and oxygen atoms in total. The van der Waals surface area contributed by atoms with Crippen LogP contribution in [0.25, 0.3) is 0 Å². The molecule has 0 heterocycles. The quantitative estimate of drug-likeness (QED) is 0.587. The molecule has 0 fully saturated rings. The second-order valence-corrected chi connectivity index (χ2v) is 5.67. The molecule has 20 heavy (non-hydrogen) atoms. The first kappa shape index (κ1) is 14.8. The molecule has 2 aromatic rings. The minimum atomic E-state index is 0.679. The van der Waals surface area contributed by atoms with Crippen molar-refractivity contribution < 1.29 is 0 Å². The molecular formula is C16H15BrN2S. The molecule has 102 valence electrons. The number of nitrogens with one attached hydrogen (secondary N) is 2. The van der Waals surface area contributed by atoms with Gasteiger partial charge in [-0.05, 0) is 49.4 Å². The Labute approximate surface area is 133 Å². The van der Waals surface area contributed by atoms with Gasteiger partial charge >= 0.3 is 0 Å². The van der Waals surface area contributed by atoms with Crippen molar-refractivity contribution >= 4 is 44.5 Å². The molecule has 4 heteroatoms. The fourth-order valence-electron chi connectivity index (χ4n) is 1.69. The van der Waals surface area contributed by atoms with Crippen molar-refractivity contribution in [2.45, 2.75) is 6.92 Å². The summed E-state index contributed by atoms with van der Waals surface area (Å²) < 4.78 is 1.06. The Morgan fingerprint density at radius 2 is 1.55 bits per heavy atom. The number of para-hydroxylation sites is 1. The molecule has 0 aliphatic carbocycles. The Morgan fingerprint density at radius 3 is 2.20 bits per heavy atom. The van der Waals surface area contributed by atoms with Gasteiger partial charge in [0.05, 0.1) is 0 Å². The summed E-state index contributed by atoms with van der Waals surface area (Å²) in [5, 5.41) is 6.47. The fourth-order valence-corrected chi connectivity index (χ4v) is 2.25.